The van der Waals surface area contributed by atoms with Crippen molar-refractivity contribution in [3.63, 3.8) is 0 Å². The number of H-pyrrole nitrogens is 1. The van der Waals surface area contributed by atoms with Crippen molar-refractivity contribution in [2.45, 2.75) is 83.5 Å². The van der Waals surface area contributed by atoms with Gasteiger partial charge in [-0.05, 0) is 63.1 Å². The molecule has 1 aliphatic rings. The fourth-order valence-electron chi connectivity index (χ4n) is 6.36. The highest BCUT2D eigenvalue weighted by Gasteiger charge is 2.28. The highest BCUT2D eigenvalue weighted by molar-refractivity contribution is 5.80. The summed E-state index contributed by atoms with van der Waals surface area (Å²) in [5.41, 5.74) is 3.35. The molecule has 0 saturated heterocycles. The molecule has 45 heavy (non-hydrogen) atoms. The Morgan fingerprint density at radius 2 is 1.82 bits per heavy atom. The SMILES string of the molecule is CCCc1c(Cc2ccc(-c3ccccc3-c3noc(=O)[nH]3)c(F)c2)c(=O)n([C@H]2CC[C@H](OCC(C)(C)O)CC2)c2ccnn12. The first-order valence-electron chi connectivity index (χ1n) is 15.5. The van der Waals surface area contributed by atoms with E-state index in [1.807, 2.05) is 21.2 Å². The molecule has 2 aromatic carbocycles. The van der Waals surface area contributed by atoms with Crippen LogP contribution in [0.2, 0.25) is 0 Å². The molecule has 11 heteroatoms. The zero-order valence-corrected chi connectivity index (χ0v) is 25.8. The predicted octanol–water partition coefficient (Wildman–Crippen LogP) is 5.46. The average Bonchev–Trinajstić information content (AvgIpc) is 3.68. The molecule has 3 heterocycles. The monoisotopic (exact) mass is 615 g/mol. The second kappa shape index (κ2) is 12.6. The van der Waals surface area contributed by atoms with Gasteiger partial charge in [0.1, 0.15) is 11.5 Å². The maximum Gasteiger partial charge on any atom is 0.439 e. The van der Waals surface area contributed by atoms with Crippen LogP contribution in [0.15, 0.2) is 68.8 Å². The summed E-state index contributed by atoms with van der Waals surface area (Å²) in [6.45, 7) is 5.79. The molecule has 0 bridgehead atoms. The first kappa shape index (κ1) is 30.7. The van der Waals surface area contributed by atoms with Gasteiger partial charge < -0.3 is 9.84 Å². The number of nitrogens with one attached hydrogen (secondary N) is 1. The van der Waals surface area contributed by atoms with Crippen molar-refractivity contribution in [2.75, 3.05) is 6.61 Å². The Labute approximate surface area is 259 Å². The minimum absolute atomic E-state index is 0.0216. The first-order valence-corrected chi connectivity index (χ1v) is 15.5. The second-order valence-corrected chi connectivity index (χ2v) is 12.5. The standard InChI is InChI=1S/C34H38FN5O5/c1-4-7-29-27(18-21-10-15-25(28(35)19-21)24-8-5-6-9-26(24)31-37-33(42)45-38-31)32(41)39(30-16-17-36-40(29)30)22-11-13-23(14-12-22)44-20-34(2,3)43/h5-6,8-10,15-17,19,22-23,43H,4,7,11-14,18,20H2,1-3H3,(H,37,38,42)/t22-,23-. The number of aryl methyl sites for hydroxylation is 1. The lowest BCUT2D eigenvalue weighted by Crippen LogP contribution is -2.36. The normalized spacial score (nSPS) is 17.3. The highest BCUT2D eigenvalue weighted by atomic mass is 19.1. The molecule has 5 aromatic rings. The first-order chi connectivity index (χ1) is 21.6. The lowest BCUT2D eigenvalue weighted by Gasteiger charge is -2.32. The predicted molar refractivity (Wildman–Crippen MR) is 168 cm³/mol. The fraction of sp³-hybridized carbons (Fsp3) is 0.412. The Morgan fingerprint density at radius 3 is 2.49 bits per heavy atom. The average molecular weight is 616 g/mol. The van der Waals surface area contributed by atoms with E-state index >= 15 is 4.39 Å². The molecule has 6 rings (SSSR count). The number of aromatic nitrogens is 5. The molecule has 3 aromatic heterocycles. The topological polar surface area (TPSA) is 128 Å². The summed E-state index contributed by atoms with van der Waals surface area (Å²) < 4.78 is 30.2. The molecule has 236 valence electrons. The van der Waals surface area contributed by atoms with Gasteiger partial charge in [-0.3, -0.25) is 18.9 Å². The van der Waals surface area contributed by atoms with Crippen LogP contribution in [0.1, 0.15) is 75.7 Å². The maximum absolute atomic E-state index is 15.8. The van der Waals surface area contributed by atoms with Gasteiger partial charge in [-0.2, -0.15) is 5.10 Å². The van der Waals surface area contributed by atoms with Gasteiger partial charge >= 0.3 is 5.76 Å². The molecule has 2 N–H and O–H groups in total. The van der Waals surface area contributed by atoms with Crippen molar-refractivity contribution in [3.05, 3.63) is 98.3 Å². The summed E-state index contributed by atoms with van der Waals surface area (Å²) >= 11 is 0. The minimum atomic E-state index is -0.889. The van der Waals surface area contributed by atoms with Gasteiger partial charge in [0.25, 0.3) is 5.56 Å². The van der Waals surface area contributed by atoms with Gasteiger partial charge in [0.05, 0.1) is 30.2 Å². The van der Waals surface area contributed by atoms with Gasteiger partial charge in [0.15, 0.2) is 5.82 Å². The number of benzene rings is 2. The molecule has 0 atom stereocenters. The summed E-state index contributed by atoms with van der Waals surface area (Å²) in [5, 5.41) is 18.4. The van der Waals surface area contributed by atoms with Crippen molar-refractivity contribution in [1.82, 2.24) is 24.3 Å². The summed E-state index contributed by atoms with van der Waals surface area (Å²) in [4.78, 5) is 28.4. The lowest BCUT2D eigenvalue weighted by molar-refractivity contribution is -0.0654. The Kier molecular flexibility index (Phi) is 8.56. The molecule has 0 amide bonds. The number of aromatic amines is 1. The number of ether oxygens (including phenoxy) is 1. The molecule has 0 aliphatic heterocycles. The van der Waals surface area contributed by atoms with Crippen molar-refractivity contribution < 1.29 is 18.8 Å². The number of hydrogen-bond acceptors (Lipinski definition) is 7. The molecular weight excluding hydrogens is 577 g/mol. The largest absolute Gasteiger partial charge is 0.439 e. The lowest BCUT2D eigenvalue weighted by atomic mass is 9.92. The van der Waals surface area contributed by atoms with E-state index in [-0.39, 0.29) is 36.6 Å². The molecule has 0 radical (unpaired) electrons. The quantitative estimate of drug-likeness (QED) is 0.214. The maximum atomic E-state index is 15.8. The van der Waals surface area contributed by atoms with E-state index in [9.17, 15) is 14.7 Å². The molecule has 0 unspecified atom stereocenters. The summed E-state index contributed by atoms with van der Waals surface area (Å²) in [6.07, 6.45) is 6.61. The molecule has 10 nitrogen and oxygen atoms in total. The van der Waals surface area contributed by atoms with Crippen LogP contribution in [0, 0.1) is 5.82 Å². The number of fused-ring (bicyclic) bond motifs is 1. The Morgan fingerprint density at radius 1 is 1.07 bits per heavy atom. The van der Waals surface area contributed by atoms with Gasteiger partial charge in [-0.25, -0.2) is 13.7 Å². The van der Waals surface area contributed by atoms with Gasteiger partial charge in [-0.1, -0.05) is 54.9 Å². The van der Waals surface area contributed by atoms with E-state index in [1.165, 1.54) is 6.07 Å². The summed E-state index contributed by atoms with van der Waals surface area (Å²) in [5.74, 6) is -0.924. The fourth-order valence-corrected chi connectivity index (χ4v) is 6.36. The summed E-state index contributed by atoms with van der Waals surface area (Å²) in [7, 11) is 0. The zero-order chi connectivity index (χ0) is 31.7. The molecule has 1 saturated carbocycles. The van der Waals surface area contributed by atoms with Crippen molar-refractivity contribution in [3.8, 4) is 22.5 Å². The van der Waals surface area contributed by atoms with E-state index in [4.69, 9.17) is 4.74 Å². The third-order valence-electron chi connectivity index (χ3n) is 8.45. The van der Waals surface area contributed by atoms with E-state index in [0.29, 0.717) is 34.2 Å². The van der Waals surface area contributed by atoms with Crippen molar-refractivity contribution in [2.24, 2.45) is 0 Å². The summed E-state index contributed by atoms with van der Waals surface area (Å²) in [6, 6.07) is 13.9. The van der Waals surface area contributed by atoms with Gasteiger partial charge in [0.2, 0.25) is 0 Å². The van der Waals surface area contributed by atoms with Crippen molar-refractivity contribution in [1.29, 1.82) is 0 Å². The number of nitrogens with zero attached hydrogens (tertiary/aromatic N) is 4. The molecule has 1 fully saturated rings. The smallest absolute Gasteiger partial charge is 0.388 e. The van der Waals surface area contributed by atoms with E-state index < -0.39 is 17.2 Å². The van der Waals surface area contributed by atoms with Crippen LogP contribution in [0.4, 0.5) is 4.39 Å². The van der Waals surface area contributed by atoms with Crippen LogP contribution in [0.3, 0.4) is 0 Å². The number of aliphatic hydroxyl groups is 1. The third-order valence-corrected chi connectivity index (χ3v) is 8.45. The zero-order valence-electron chi connectivity index (χ0n) is 25.8. The number of halogens is 1. The van der Waals surface area contributed by atoms with Crippen molar-refractivity contribution >= 4 is 5.65 Å². The van der Waals surface area contributed by atoms with Gasteiger partial charge in [0, 0.05) is 35.2 Å². The number of hydrogen-bond donors (Lipinski definition) is 2. The van der Waals surface area contributed by atoms with Crippen LogP contribution in [-0.2, 0) is 17.6 Å². The van der Waals surface area contributed by atoms with E-state index in [2.05, 4.69) is 26.7 Å². The minimum Gasteiger partial charge on any atom is -0.388 e. The number of rotatable bonds is 10. The van der Waals surface area contributed by atoms with Gasteiger partial charge in [-0.15, -0.1) is 0 Å². The Balaban J connectivity index is 1.33. The molecule has 0 spiro atoms. The van der Waals surface area contributed by atoms with Crippen LogP contribution >= 0.6 is 0 Å². The van der Waals surface area contributed by atoms with E-state index in [0.717, 1.165) is 43.4 Å². The van der Waals surface area contributed by atoms with Crippen LogP contribution in [0.25, 0.3) is 28.2 Å². The Hall–Kier alpha value is -4.35. The van der Waals surface area contributed by atoms with E-state index in [1.54, 1.807) is 50.4 Å². The molecule has 1 aliphatic carbocycles. The Bertz CT molecular complexity index is 1920. The van der Waals surface area contributed by atoms with Crippen LogP contribution < -0.4 is 11.3 Å². The molecular formula is C34H38FN5O5. The third kappa shape index (κ3) is 6.41. The van der Waals surface area contributed by atoms with Crippen LogP contribution in [-0.4, -0.2) is 47.7 Å². The van der Waals surface area contributed by atoms with Crippen LogP contribution in [0.5, 0.6) is 0 Å². The second-order valence-electron chi connectivity index (χ2n) is 12.5. The highest BCUT2D eigenvalue weighted by Crippen LogP contribution is 2.34.